The Balaban J connectivity index is 2.22. The summed E-state index contributed by atoms with van der Waals surface area (Å²) < 4.78 is 39.6. The number of carbonyl (C=O) groups excluding carboxylic acids is 1. The van der Waals surface area contributed by atoms with Gasteiger partial charge in [0.15, 0.2) is 0 Å². The van der Waals surface area contributed by atoms with Gasteiger partial charge in [0.05, 0.1) is 4.90 Å². The van der Waals surface area contributed by atoms with Crippen LogP contribution in [0.3, 0.4) is 0 Å². The molecule has 0 bridgehead atoms. The monoisotopic (exact) mass is 322 g/mol. The van der Waals surface area contributed by atoms with Crippen LogP contribution in [0.25, 0.3) is 0 Å². The summed E-state index contributed by atoms with van der Waals surface area (Å²) in [6, 6.07) is 10.9. The molecule has 0 fully saturated rings. The molecule has 2 rings (SSSR count). The van der Waals surface area contributed by atoms with Crippen LogP contribution in [0.2, 0.25) is 0 Å². The van der Waals surface area contributed by atoms with Gasteiger partial charge in [-0.25, -0.2) is 12.8 Å². The van der Waals surface area contributed by atoms with Crippen LogP contribution in [-0.4, -0.2) is 21.4 Å². The van der Waals surface area contributed by atoms with E-state index in [4.69, 9.17) is 0 Å². The molecule has 5 nitrogen and oxygen atoms in total. The Morgan fingerprint density at radius 2 is 1.59 bits per heavy atom. The van der Waals surface area contributed by atoms with Gasteiger partial charge in [-0.15, -0.1) is 0 Å². The van der Waals surface area contributed by atoms with Crippen molar-refractivity contribution in [2.45, 2.75) is 11.8 Å². The molecule has 116 valence electrons. The van der Waals surface area contributed by atoms with E-state index in [1.54, 1.807) is 19.2 Å². The molecule has 0 radical (unpaired) electrons. The van der Waals surface area contributed by atoms with Crippen molar-refractivity contribution < 1.29 is 17.6 Å². The van der Waals surface area contributed by atoms with E-state index in [1.165, 1.54) is 48.2 Å². The van der Waals surface area contributed by atoms with E-state index >= 15 is 0 Å². The highest BCUT2D eigenvalue weighted by atomic mass is 32.2. The van der Waals surface area contributed by atoms with E-state index < -0.39 is 15.8 Å². The number of nitrogens with zero attached hydrogens (tertiary/aromatic N) is 1. The van der Waals surface area contributed by atoms with Gasteiger partial charge in [-0.2, -0.15) is 0 Å². The fourth-order valence-corrected chi connectivity index (χ4v) is 2.82. The first-order chi connectivity index (χ1) is 10.3. The molecular formula is C15H15FN2O3S. The summed E-state index contributed by atoms with van der Waals surface area (Å²) in [5, 5.41) is 0. The van der Waals surface area contributed by atoms with Crippen LogP contribution in [0.1, 0.15) is 6.92 Å². The number of hydrogen-bond acceptors (Lipinski definition) is 3. The summed E-state index contributed by atoms with van der Waals surface area (Å²) in [4.78, 5) is 12.7. The molecule has 1 amide bonds. The van der Waals surface area contributed by atoms with Crippen LogP contribution in [0.4, 0.5) is 15.8 Å². The lowest BCUT2D eigenvalue weighted by molar-refractivity contribution is -0.116. The molecule has 0 spiro atoms. The number of nitrogens with one attached hydrogen (secondary N) is 1. The molecule has 0 aliphatic carbocycles. The first-order valence-corrected chi connectivity index (χ1v) is 7.91. The van der Waals surface area contributed by atoms with E-state index in [2.05, 4.69) is 4.72 Å². The number of halogens is 1. The normalized spacial score (nSPS) is 11.0. The van der Waals surface area contributed by atoms with Crippen LogP contribution in [0, 0.1) is 5.82 Å². The van der Waals surface area contributed by atoms with Crippen molar-refractivity contribution in [3.63, 3.8) is 0 Å². The maximum Gasteiger partial charge on any atom is 0.261 e. The van der Waals surface area contributed by atoms with Crippen molar-refractivity contribution in [1.82, 2.24) is 0 Å². The zero-order valence-corrected chi connectivity index (χ0v) is 12.9. The van der Waals surface area contributed by atoms with Gasteiger partial charge in [0, 0.05) is 25.3 Å². The molecule has 0 aromatic heterocycles. The molecule has 2 aromatic carbocycles. The number of amides is 1. The Hall–Kier alpha value is -2.41. The standard InChI is InChI=1S/C15H15FN2O3S/c1-11(19)18(2)14-7-9-15(10-8-14)22(20,21)17-13-5-3-12(16)4-6-13/h3-10,17H,1-2H3. The van der Waals surface area contributed by atoms with Gasteiger partial charge in [-0.1, -0.05) is 0 Å². The Bertz CT molecular complexity index is 771. The molecule has 0 saturated heterocycles. The number of sulfonamides is 1. The van der Waals surface area contributed by atoms with Crippen molar-refractivity contribution >= 4 is 27.3 Å². The molecule has 22 heavy (non-hydrogen) atoms. The Morgan fingerprint density at radius 1 is 1.05 bits per heavy atom. The molecule has 2 aromatic rings. The molecule has 0 atom stereocenters. The third-order valence-corrected chi connectivity index (χ3v) is 4.50. The first kappa shape index (κ1) is 16.0. The van der Waals surface area contributed by atoms with Crippen LogP contribution >= 0.6 is 0 Å². The third-order valence-electron chi connectivity index (χ3n) is 3.10. The van der Waals surface area contributed by atoms with Gasteiger partial charge in [-0.3, -0.25) is 9.52 Å². The zero-order chi connectivity index (χ0) is 16.3. The minimum atomic E-state index is -3.76. The summed E-state index contributed by atoms with van der Waals surface area (Å²) in [5.74, 6) is -0.598. The fraction of sp³-hybridized carbons (Fsp3) is 0.133. The van der Waals surface area contributed by atoms with Crippen molar-refractivity contribution in [1.29, 1.82) is 0 Å². The highest BCUT2D eigenvalue weighted by Gasteiger charge is 2.15. The second-order valence-corrected chi connectivity index (χ2v) is 6.37. The molecule has 0 unspecified atom stereocenters. The lowest BCUT2D eigenvalue weighted by Crippen LogP contribution is -2.22. The van der Waals surface area contributed by atoms with Gasteiger partial charge >= 0.3 is 0 Å². The molecule has 7 heteroatoms. The Morgan fingerprint density at radius 3 is 2.09 bits per heavy atom. The van der Waals surface area contributed by atoms with Crippen molar-refractivity contribution in [2.24, 2.45) is 0 Å². The minimum absolute atomic E-state index is 0.0533. The Labute approximate surface area is 128 Å². The number of anilines is 2. The predicted molar refractivity (Wildman–Crippen MR) is 82.7 cm³/mol. The summed E-state index contributed by atoms with van der Waals surface area (Å²) in [6.45, 7) is 1.42. The maximum absolute atomic E-state index is 12.8. The first-order valence-electron chi connectivity index (χ1n) is 6.42. The number of hydrogen-bond donors (Lipinski definition) is 1. The van der Waals surface area contributed by atoms with E-state index in [-0.39, 0.29) is 16.5 Å². The van der Waals surface area contributed by atoms with Crippen LogP contribution in [0.5, 0.6) is 0 Å². The van der Waals surface area contributed by atoms with Gasteiger partial charge in [0.2, 0.25) is 5.91 Å². The average Bonchev–Trinajstić information content (AvgIpc) is 2.48. The number of rotatable bonds is 4. The SMILES string of the molecule is CC(=O)N(C)c1ccc(S(=O)(=O)Nc2ccc(F)cc2)cc1. The second-order valence-electron chi connectivity index (χ2n) is 4.68. The number of carbonyl (C=O) groups is 1. The molecule has 0 aliphatic heterocycles. The third kappa shape index (κ3) is 3.62. The van der Waals surface area contributed by atoms with Crippen LogP contribution in [0.15, 0.2) is 53.4 Å². The quantitative estimate of drug-likeness (QED) is 0.941. The van der Waals surface area contributed by atoms with E-state index in [0.29, 0.717) is 5.69 Å². The lowest BCUT2D eigenvalue weighted by atomic mass is 10.3. The smallest absolute Gasteiger partial charge is 0.261 e. The van der Waals surface area contributed by atoms with Crippen molar-refractivity contribution in [3.8, 4) is 0 Å². The van der Waals surface area contributed by atoms with Gasteiger partial charge in [0.25, 0.3) is 10.0 Å². The highest BCUT2D eigenvalue weighted by molar-refractivity contribution is 7.92. The summed E-state index contributed by atoms with van der Waals surface area (Å²) in [5.41, 5.74) is 0.861. The van der Waals surface area contributed by atoms with Crippen LogP contribution in [-0.2, 0) is 14.8 Å². The summed E-state index contributed by atoms with van der Waals surface area (Å²) in [7, 11) is -2.16. The average molecular weight is 322 g/mol. The largest absolute Gasteiger partial charge is 0.316 e. The zero-order valence-electron chi connectivity index (χ0n) is 12.1. The second kappa shape index (κ2) is 6.15. The van der Waals surface area contributed by atoms with E-state index in [0.717, 1.165) is 0 Å². The molecule has 0 saturated carbocycles. The van der Waals surface area contributed by atoms with Crippen LogP contribution < -0.4 is 9.62 Å². The minimum Gasteiger partial charge on any atom is -0.316 e. The topological polar surface area (TPSA) is 66.5 Å². The number of benzene rings is 2. The highest BCUT2D eigenvalue weighted by Crippen LogP contribution is 2.20. The van der Waals surface area contributed by atoms with Gasteiger partial charge in [-0.05, 0) is 48.5 Å². The van der Waals surface area contributed by atoms with Crippen molar-refractivity contribution in [3.05, 3.63) is 54.3 Å². The molecular weight excluding hydrogens is 307 g/mol. The van der Waals surface area contributed by atoms with Crippen molar-refractivity contribution in [2.75, 3.05) is 16.7 Å². The summed E-state index contributed by atoms with van der Waals surface area (Å²) >= 11 is 0. The molecule has 0 aliphatic rings. The lowest BCUT2D eigenvalue weighted by Gasteiger charge is -2.15. The van der Waals surface area contributed by atoms with E-state index in [9.17, 15) is 17.6 Å². The van der Waals surface area contributed by atoms with Gasteiger partial charge < -0.3 is 4.90 Å². The summed E-state index contributed by atoms with van der Waals surface area (Å²) in [6.07, 6.45) is 0. The fourth-order valence-electron chi connectivity index (χ4n) is 1.76. The van der Waals surface area contributed by atoms with Gasteiger partial charge in [0.1, 0.15) is 5.82 Å². The maximum atomic E-state index is 12.8. The predicted octanol–water partition coefficient (Wildman–Crippen LogP) is 2.61. The molecule has 1 N–H and O–H groups in total. The van der Waals surface area contributed by atoms with E-state index in [1.807, 2.05) is 0 Å². The molecule has 0 heterocycles. The Kier molecular flexibility index (Phi) is 4.46.